The highest BCUT2D eigenvalue weighted by molar-refractivity contribution is 5.85. The van der Waals surface area contributed by atoms with Crippen molar-refractivity contribution in [2.75, 3.05) is 19.8 Å². The smallest absolute Gasteiger partial charge is 0.331 e. The van der Waals surface area contributed by atoms with Crippen LogP contribution in [0.1, 0.15) is 84.5 Å². The van der Waals surface area contributed by atoms with Gasteiger partial charge in [0, 0.05) is 49.1 Å². The topological polar surface area (TPSA) is 158 Å². The number of carbonyl (C=O) groups is 1. The molecule has 0 bridgehead atoms. The maximum Gasteiger partial charge on any atom is 0.331 e. The summed E-state index contributed by atoms with van der Waals surface area (Å²) in [6, 6.07) is 0. The molecule has 12 atom stereocenters. The molecule has 42 heavy (non-hydrogen) atoms. The van der Waals surface area contributed by atoms with Crippen molar-refractivity contribution in [2.24, 2.45) is 33.6 Å². The van der Waals surface area contributed by atoms with Gasteiger partial charge in [-0.15, -0.1) is 0 Å². The molecule has 5 N–H and O–H groups in total. The fraction of sp³-hybridized carbons (Fsp3) is 0.875. The molecular weight excluding hydrogens is 542 g/mol. The third-order valence-electron chi connectivity index (χ3n) is 12.4. The summed E-state index contributed by atoms with van der Waals surface area (Å²) >= 11 is 0. The van der Waals surface area contributed by atoms with Gasteiger partial charge in [0.15, 0.2) is 6.29 Å². The van der Waals surface area contributed by atoms with Crippen molar-refractivity contribution in [3.8, 4) is 0 Å². The number of aliphatic hydroxyl groups is 5. The molecule has 10 nitrogen and oxygen atoms in total. The van der Waals surface area contributed by atoms with Crippen LogP contribution in [0, 0.1) is 28.6 Å². The number of nitrogens with zero attached hydrogens (tertiary/aromatic N) is 1. The van der Waals surface area contributed by atoms with E-state index in [-0.39, 0.29) is 48.3 Å². The Morgan fingerprint density at radius 3 is 2.60 bits per heavy atom. The van der Waals surface area contributed by atoms with Gasteiger partial charge < -0.3 is 39.7 Å². The van der Waals surface area contributed by atoms with Crippen LogP contribution in [0.25, 0.3) is 0 Å². The second-order valence-electron chi connectivity index (χ2n) is 14.3. The van der Waals surface area contributed by atoms with Crippen LogP contribution in [0.15, 0.2) is 16.6 Å². The number of cyclic esters (lactones) is 1. The molecule has 0 amide bonds. The van der Waals surface area contributed by atoms with Crippen molar-refractivity contribution in [1.82, 2.24) is 0 Å². The standard InChI is InChI=1S/C32H49NO9/c1-19-28(37)25(35)15-27(41-19)42-21-4-9-30(18-33-12-3-13-34)23-5-8-29(2)22(20-14-26(36)40-17-20)7-11-32(29,39)24(23)6-10-31(30,38)16-21/h14,18-19,21-25,27-28,34-35,37-39H,3-13,15-17H2,1-2H3/t19-,21+,22-,23-,24+,25+,27+,28+,29+,30-,31-,32-/m0/s1. The van der Waals surface area contributed by atoms with Crippen LogP contribution in [0.3, 0.4) is 0 Å². The van der Waals surface area contributed by atoms with E-state index in [0.29, 0.717) is 58.1 Å². The number of carbonyl (C=O) groups excluding carboxylic acids is 1. The van der Waals surface area contributed by atoms with Crippen molar-refractivity contribution in [3.63, 3.8) is 0 Å². The Morgan fingerprint density at radius 2 is 1.88 bits per heavy atom. The van der Waals surface area contributed by atoms with Gasteiger partial charge in [0.1, 0.15) is 12.7 Å². The number of ether oxygens (including phenoxy) is 3. The van der Waals surface area contributed by atoms with E-state index in [1.807, 2.05) is 6.21 Å². The van der Waals surface area contributed by atoms with E-state index in [2.05, 4.69) is 6.92 Å². The van der Waals surface area contributed by atoms with Gasteiger partial charge in [0.05, 0.1) is 29.5 Å². The van der Waals surface area contributed by atoms with E-state index in [0.717, 1.165) is 24.8 Å². The zero-order valence-electron chi connectivity index (χ0n) is 25.0. The monoisotopic (exact) mass is 591 g/mol. The Hall–Kier alpha value is -1.40. The molecule has 10 heteroatoms. The highest BCUT2D eigenvalue weighted by atomic mass is 16.7. The molecule has 5 fully saturated rings. The number of hydrogen-bond acceptors (Lipinski definition) is 10. The summed E-state index contributed by atoms with van der Waals surface area (Å²) in [5, 5.41) is 54.8. The first-order valence-corrected chi connectivity index (χ1v) is 16.1. The Kier molecular flexibility index (Phi) is 8.16. The summed E-state index contributed by atoms with van der Waals surface area (Å²) in [7, 11) is 0. The van der Waals surface area contributed by atoms with Crippen molar-refractivity contribution in [2.45, 2.75) is 126 Å². The first kappa shape index (κ1) is 30.6. The molecule has 0 aromatic heterocycles. The molecule has 4 saturated carbocycles. The van der Waals surface area contributed by atoms with Crippen LogP contribution in [-0.4, -0.2) is 99.4 Å². The molecule has 0 unspecified atom stereocenters. The minimum Gasteiger partial charge on any atom is -0.458 e. The molecule has 2 heterocycles. The first-order valence-electron chi connectivity index (χ1n) is 16.1. The third kappa shape index (κ3) is 4.71. The summed E-state index contributed by atoms with van der Waals surface area (Å²) in [5.41, 5.74) is -2.02. The van der Waals surface area contributed by atoms with Crippen LogP contribution in [0.2, 0.25) is 0 Å². The largest absolute Gasteiger partial charge is 0.458 e. The maximum atomic E-state index is 12.6. The van der Waals surface area contributed by atoms with Gasteiger partial charge in [0.2, 0.25) is 0 Å². The Morgan fingerprint density at radius 1 is 1.10 bits per heavy atom. The van der Waals surface area contributed by atoms with Crippen molar-refractivity contribution in [3.05, 3.63) is 11.6 Å². The number of esters is 1. The summed E-state index contributed by atoms with van der Waals surface area (Å²) in [5.74, 6) is -0.177. The molecule has 0 spiro atoms. The predicted molar refractivity (Wildman–Crippen MR) is 152 cm³/mol. The number of aliphatic imine (C=N–C) groups is 1. The number of hydrogen-bond donors (Lipinski definition) is 5. The third-order valence-corrected chi connectivity index (χ3v) is 12.4. The van der Waals surface area contributed by atoms with Crippen LogP contribution in [0.5, 0.6) is 0 Å². The fourth-order valence-electron chi connectivity index (χ4n) is 10.2. The van der Waals surface area contributed by atoms with E-state index in [1.54, 1.807) is 13.0 Å². The Balaban J connectivity index is 1.26. The molecule has 0 aromatic carbocycles. The first-order chi connectivity index (χ1) is 20.0. The van der Waals surface area contributed by atoms with Crippen LogP contribution in [-0.2, 0) is 19.0 Å². The van der Waals surface area contributed by atoms with E-state index in [1.165, 1.54) is 0 Å². The molecule has 6 rings (SSSR count). The van der Waals surface area contributed by atoms with Gasteiger partial charge in [-0.2, -0.15) is 0 Å². The van der Waals surface area contributed by atoms with Crippen molar-refractivity contribution in [1.29, 1.82) is 0 Å². The van der Waals surface area contributed by atoms with Gasteiger partial charge in [-0.05, 0) is 88.0 Å². The zero-order chi connectivity index (χ0) is 29.9. The summed E-state index contributed by atoms with van der Waals surface area (Å²) in [6.45, 7) is 4.75. The lowest BCUT2D eigenvalue weighted by molar-refractivity contribution is -0.282. The molecule has 6 aliphatic rings. The van der Waals surface area contributed by atoms with Crippen LogP contribution < -0.4 is 0 Å². The van der Waals surface area contributed by atoms with Gasteiger partial charge in [-0.3, -0.25) is 4.99 Å². The average molecular weight is 592 g/mol. The minimum atomic E-state index is -1.09. The zero-order valence-corrected chi connectivity index (χ0v) is 25.0. The highest BCUT2D eigenvalue weighted by Crippen LogP contribution is 2.70. The number of rotatable bonds is 7. The van der Waals surface area contributed by atoms with Crippen molar-refractivity contribution < 1.29 is 44.5 Å². The quantitative estimate of drug-likeness (QED) is 0.129. The van der Waals surface area contributed by atoms with Crippen LogP contribution >= 0.6 is 0 Å². The minimum absolute atomic E-state index is 0.0129. The van der Waals surface area contributed by atoms with Crippen molar-refractivity contribution >= 4 is 12.2 Å². The molecule has 0 aromatic rings. The molecule has 4 aliphatic carbocycles. The second kappa shape index (κ2) is 11.2. The SMILES string of the molecule is C[C@@H]1O[C@H](O[C@@H]2CC[C@]3(C=NCCCO)[C@H]4CC[C@]5(C)[C@H](C6=CC(=O)OC6)CC[C@]5(O)[C@@H]4CC[C@]3(O)C2)C[C@@H](O)[C@@H]1O. The normalized spacial score (nSPS) is 50.6. The Labute approximate surface area is 248 Å². The summed E-state index contributed by atoms with van der Waals surface area (Å²) in [4.78, 5) is 16.7. The lowest BCUT2D eigenvalue weighted by Gasteiger charge is -2.66. The fourth-order valence-corrected chi connectivity index (χ4v) is 10.2. The summed E-state index contributed by atoms with van der Waals surface area (Å²) < 4.78 is 17.4. The van der Waals surface area contributed by atoms with E-state index < -0.39 is 41.2 Å². The van der Waals surface area contributed by atoms with E-state index >= 15 is 0 Å². The molecule has 0 radical (unpaired) electrons. The van der Waals surface area contributed by atoms with Gasteiger partial charge in [-0.25, -0.2) is 4.79 Å². The molecule has 236 valence electrons. The van der Waals surface area contributed by atoms with E-state index in [9.17, 15) is 30.3 Å². The molecule has 2 aliphatic heterocycles. The van der Waals surface area contributed by atoms with E-state index in [4.69, 9.17) is 19.2 Å². The predicted octanol–water partition coefficient (Wildman–Crippen LogP) is 2.03. The number of fused-ring (bicyclic) bond motifs is 5. The summed E-state index contributed by atoms with van der Waals surface area (Å²) in [6.07, 6.45) is 7.02. The lowest BCUT2D eigenvalue weighted by atomic mass is 9.41. The van der Waals surface area contributed by atoms with Gasteiger partial charge >= 0.3 is 5.97 Å². The Bertz CT molecular complexity index is 1090. The molecule has 1 saturated heterocycles. The average Bonchev–Trinajstić information content (AvgIpc) is 3.49. The lowest BCUT2D eigenvalue weighted by Crippen LogP contribution is -2.69. The molecular formula is C32H49NO9. The maximum absolute atomic E-state index is 12.6. The number of aliphatic hydroxyl groups excluding tert-OH is 3. The van der Waals surface area contributed by atoms with Gasteiger partial charge in [-0.1, -0.05) is 6.92 Å². The highest BCUT2D eigenvalue weighted by Gasteiger charge is 2.71. The van der Waals surface area contributed by atoms with Gasteiger partial charge in [0.25, 0.3) is 0 Å². The second-order valence-corrected chi connectivity index (χ2v) is 14.3. The van der Waals surface area contributed by atoms with Crippen LogP contribution in [0.4, 0.5) is 0 Å².